The van der Waals surface area contributed by atoms with Crippen molar-refractivity contribution in [1.82, 2.24) is 0 Å². The van der Waals surface area contributed by atoms with Crippen molar-refractivity contribution in [3.05, 3.63) is 121 Å². The molecule has 0 spiro atoms. The fourth-order valence-corrected chi connectivity index (χ4v) is 6.34. The first-order valence-corrected chi connectivity index (χ1v) is 20.4. The maximum Gasteiger partial charge on any atom is 0.343 e. The van der Waals surface area contributed by atoms with Gasteiger partial charge in [-0.3, -0.25) is 0 Å². The predicted molar refractivity (Wildman–Crippen MR) is 222 cm³/mol. The van der Waals surface area contributed by atoms with E-state index < -0.39 is 54.3 Å². The smallest absolute Gasteiger partial charge is 0.343 e. The van der Waals surface area contributed by atoms with Gasteiger partial charge in [-0.05, 0) is 124 Å². The Morgan fingerprint density at radius 1 is 0.525 bits per heavy atom. The van der Waals surface area contributed by atoms with Crippen LogP contribution < -0.4 is 14.2 Å². The number of carbonyl (C=O) groups is 5. The third kappa shape index (κ3) is 15.4. The first-order valence-electron chi connectivity index (χ1n) is 20.4. The quantitative estimate of drug-likeness (QED) is 0.0276. The normalized spacial score (nSPS) is 17.8. The molecule has 0 unspecified atom stereocenters. The molecule has 3 aromatic carbocycles. The van der Waals surface area contributed by atoms with Crippen molar-refractivity contribution in [3.63, 3.8) is 0 Å². The molecule has 2 saturated heterocycles. The summed E-state index contributed by atoms with van der Waals surface area (Å²) in [6.07, 6.45) is 9.68. The highest BCUT2D eigenvalue weighted by Crippen LogP contribution is 2.31. The third-order valence-corrected chi connectivity index (χ3v) is 9.61. The Balaban J connectivity index is 0.958. The average Bonchev–Trinajstić information content (AvgIpc) is 3.87. The zero-order valence-corrected chi connectivity index (χ0v) is 34.1. The number of unbranched alkanes of at least 4 members (excludes halogenated alkanes) is 6. The van der Waals surface area contributed by atoms with Gasteiger partial charge in [0.15, 0.2) is 12.2 Å². The van der Waals surface area contributed by atoms with Gasteiger partial charge in [-0.1, -0.05) is 25.3 Å². The monoisotopic (exact) mass is 840 g/mol. The van der Waals surface area contributed by atoms with Gasteiger partial charge in [-0.25, -0.2) is 24.0 Å². The van der Waals surface area contributed by atoms with Crippen LogP contribution in [0.2, 0.25) is 0 Å². The highest BCUT2D eigenvalue weighted by atomic mass is 16.7. The van der Waals surface area contributed by atoms with Crippen molar-refractivity contribution in [2.24, 2.45) is 0 Å². The molecule has 61 heavy (non-hydrogen) atoms. The summed E-state index contributed by atoms with van der Waals surface area (Å²) in [6.45, 7) is 8.73. The lowest BCUT2D eigenvalue weighted by molar-refractivity contribution is -0.147. The summed E-state index contributed by atoms with van der Waals surface area (Å²) in [4.78, 5) is 60.5. The summed E-state index contributed by atoms with van der Waals surface area (Å²) >= 11 is 0. The number of ether oxygens (including phenoxy) is 9. The van der Waals surface area contributed by atoms with Crippen LogP contribution in [0.1, 0.15) is 77.6 Å². The van der Waals surface area contributed by atoms with E-state index in [-0.39, 0.29) is 24.5 Å². The van der Waals surface area contributed by atoms with Gasteiger partial charge in [0.25, 0.3) is 0 Å². The van der Waals surface area contributed by atoms with Gasteiger partial charge in [0.1, 0.15) is 29.5 Å². The minimum atomic E-state index is -0.712. The van der Waals surface area contributed by atoms with Crippen LogP contribution in [0.4, 0.5) is 0 Å². The van der Waals surface area contributed by atoms with Crippen molar-refractivity contribution in [1.29, 1.82) is 0 Å². The fraction of sp³-hybridized carbons (Fsp3) is 0.383. The van der Waals surface area contributed by atoms with Gasteiger partial charge >= 0.3 is 29.8 Å². The summed E-state index contributed by atoms with van der Waals surface area (Å²) < 4.78 is 49.9. The molecule has 2 aliphatic rings. The Hall–Kier alpha value is -6.25. The Morgan fingerprint density at radius 3 is 1.48 bits per heavy atom. The zero-order chi connectivity index (χ0) is 43.2. The van der Waals surface area contributed by atoms with Crippen LogP contribution in [-0.4, -0.2) is 93.9 Å². The largest absolute Gasteiger partial charge is 0.494 e. The van der Waals surface area contributed by atoms with Gasteiger partial charge in [-0.15, -0.1) is 0 Å². The van der Waals surface area contributed by atoms with Crippen LogP contribution in [0, 0.1) is 0 Å². The first-order chi connectivity index (χ1) is 29.7. The lowest BCUT2D eigenvalue weighted by atomic mass is 10.1. The number of rotatable bonds is 25. The van der Waals surface area contributed by atoms with Crippen LogP contribution in [0.5, 0.6) is 17.2 Å². The summed E-state index contributed by atoms with van der Waals surface area (Å²) in [5, 5.41) is 0. The van der Waals surface area contributed by atoms with E-state index in [0.717, 1.165) is 69.1 Å². The Labute approximate surface area is 355 Å². The summed E-state index contributed by atoms with van der Waals surface area (Å²) in [5.41, 5.74) is 1.36. The van der Waals surface area contributed by atoms with Crippen LogP contribution in [0.3, 0.4) is 0 Å². The summed E-state index contributed by atoms with van der Waals surface area (Å²) in [5.74, 6) is -0.979. The minimum Gasteiger partial charge on any atom is -0.494 e. The molecule has 2 heterocycles. The average molecular weight is 841 g/mol. The van der Waals surface area contributed by atoms with Gasteiger partial charge in [-0.2, -0.15) is 0 Å². The van der Waals surface area contributed by atoms with Gasteiger partial charge < -0.3 is 42.6 Å². The highest BCUT2D eigenvalue weighted by Gasteiger charge is 2.51. The molecule has 2 aliphatic heterocycles. The van der Waals surface area contributed by atoms with Crippen LogP contribution in [0.25, 0.3) is 6.08 Å². The van der Waals surface area contributed by atoms with E-state index in [2.05, 4.69) is 13.2 Å². The number of hydrogen-bond acceptors (Lipinski definition) is 14. The Morgan fingerprint density at radius 2 is 0.967 bits per heavy atom. The van der Waals surface area contributed by atoms with Crippen molar-refractivity contribution in [2.75, 3.05) is 39.6 Å². The number of benzene rings is 3. The first kappa shape index (κ1) is 45.8. The van der Waals surface area contributed by atoms with Gasteiger partial charge in [0.05, 0.1) is 50.8 Å². The third-order valence-electron chi connectivity index (χ3n) is 9.61. The molecule has 0 aliphatic carbocycles. The van der Waals surface area contributed by atoms with E-state index in [1.165, 1.54) is 30.3 Å². The molecule has 324 valence electrons. The number of carbonyl (C=O) groups excluding carboxylic acids is 5. The predicted octanol–water partition coefficient (Wildman–Crippen LogP) is 7.19. The van der Waals surface area contributed by atoms with E-state index in [1.54, 1.807) is 30.3 Å². The summed E-state index contributed by atoms with van der Waals surface area (Å²) in [6, 6.07) is 19.9. The standard InChI is InChI=1S/C47H52O14/c1-3-41(48)55-29-11-7-5-9-27-53-36-20-13-33(14-21-36)15-26-43(50)60-39-31-57-45-40(32-58-44(39)45)61-47(52)35-18-24-38(25-19-35)59-46(51)34-16-22-37(23-17-34)54-28-10-6-8-12-30-56-42(49)4-2/h3-4,13-26,39-40,44-45H,1-2,5-12,27-32H2/t39-,40+,44+,45+/m0/s1. The number of fused-ring (bicyclic) bond motifs is 1. The molecule has 0 aromatic heterocycles. The molecular weight excluding hydrogens is 789 g/mol. The van der Waals surface area contributed by atoms with E-state index in [4.69, 9.17) is 42.6 Å². The van der Waals surface area contributed by atoms with Gasteiger partial charge in [0, 0.05) is 18.2 Å². The molecule has 5 rings (SSSR count). The zero-order valence-electron chi connectivity index (χ0n) is 34.1. The Kier molecular flexibility index (Phi) is 18.6. The highest BCUT2D eigenvalue weighted by molar-refractivity contribution is 5.92. The topological polar surface area (TPSA) is 168 Å². The fourth-order valence-electron chi connectivity index (χ4n) is 6.34. The molecule has 0 N–H and O–H groups in total. The van der Waals surface area contributed by atoms with Crippen LogP contribution >= 0.6 is 0 Å². The second-order valence-electron chi connectivity index (χ2n) is 14.1. The van der Waals surface area contributed by atoms with E-state index >= 15 is 0 Å². The second-order valence-corrected chi connectivity index (χ2v) is 14.1. The molecule has 4 atom stereocenters. The molecule has 0 bridgehead atoms. The van der Waals surface area contributed by atoms with Gasteiger partial charge in [0.2, 0.25) is 0 Å². The molecule has 2 fully saturated rings. The number of hydrogen-bond donors (Lipinski definition) is 0. The van der Waals surface area contributed by atoms with E-state index in [1.807, 2.05) is 24.3 Å². The van der Waals surface area contributed by atoms with Crippen molar-refractivity contribution in [3.8, 4) is 17.2 Å². The van der Waals surface area contributed by atoms with Crippen LogP contribution in [0.15, 0.2) is 104 Å². The number of esters is 5. The lowest BCUT2D eigenvalue weighted by Crippen LogP contribution is -2.35. The van der Waals surface area contributed by atoms with Crippen LogP contribution in [-0.2, 0) is 42.8 Å². The molecular formula is C47H52O14. The summed E-state index contributed by atoms with van der Waals surface area (Å²) in [7, 11) is 0. The van der Waals surface area contributed by atoms with Crippen molar-refractivity contribution >= 4 is 35.9 Å². The maximum absolute atomic E-state index is 13.0. The SMILES string of the molecule is C=CC(=O)OCCCCCCOc1ccc(C=CC(=O)O[C@H]2CO[C@H]3[C@@H]2OC[C@H]3OC(=O)c2ccc(OC(=O)c3ccc(OCCCCCCOC(=O)C=C)cc3)cc2)cc1. The molecule has 3 aromatic rings. The second kappa shape index (κ2) is 24.7. The van der Waals surface area contributed by atoms with E-state index in [9.17, 15) is 24.0 Å². The van der Waals surface area contributed by atoms with Crippen molar-refractivity contribution in [2.45, 2.75) is 75.8 Å². The molecule has 0 radical (unpaired) electrons. The maximum atomic E-state index is 13.0. The van der Waals surface area contributed by atoms with Crippen molar-refractivity contribution < 1.29 is 66.6 Å². The molecule has 0 saturated carbocycles. The van der Waals surface area contributed by atoms with E-state index in [0.29, 0.717) is 43.5 Å². The molecule has 14 heteroatoms. The Bertz CT molecular complexity index is 1940. The molecule has 0 amide bonds. The minimum absolute atomic E-state index is 0.0722. The molecule has 14 nitrogen and oxygen atoms in total. The lowest BCUT2D eigenvalue weighted by Gasteiger charge is -2.17.